The predicted octanol–water partition coefficient (Wildman–Crippen LogP) is 3.88. The summed E-state index contributed by atoms with van der Waals surface area (Å²) in [5, 5.41) is 0. The van der Waals surface area contributed by atoms with Gasteiger partial charge in [-0.15, -0.1) is 0 Å². The van der Waals surface area contributed by atoms with Crippen molar-refractivity contribution in [1.82, 2.24) is 14.8 Å². The van der Waals surface area contributed by atoms with Gasteiger partial charge >= 0.3 is 0 Å². The maximum atomic E-state index is 5.51. The molecule has 5 rings (SSSR count). The van der Waals surface area contributed by atoms with Crippen molar-refractivity contribution in [3.8, 4) is 5.75 Å². The Hall–Kier alpha value is -3.13. The standard InChI is InChI=1S/C30H39N5O2/c1-32-12-14-33(15-13-32)24-27-21-29(10-11-31-27)35(23-26-4-3-5-30(20-26)36-2)22-25-6-8-28(9-7-25)34-16-18-37-19-17-34/h3-11,20-21H,12-19,22-24H2,1-2H3. The van der Waals surface area contributed by atoms with Gasteiger partial charge in [-0.2, -0.15) is 0 Å². The Morgan fingerprint density at radius 1 is 0.865 bits per heavy atom. The van der Waals surface area contributed by atoms with Gasteiger partial charge in [0, 0.05) is 76.5 Å². The lowest BCUT2D eigenvalue weighted by Gasteiger charge is -2.32. The molecular formula is C30H39N5O2. The smallest absolute Gasteiger partial charge is 0.119 e. The fourth-order valence-electron chi connectivity index (χ4n) is 5.07. The summed E-state index contributed by atoms with van der Waals surface area (Å²) in [5.41, 5.74) is 6.10. The number of pyridine rings is 1. The molecule has 37 heavy (non-hydrogen) atoms. The van der Waals surface area contributed by atoms with E-state index in [2.05, 4.69) is 81.2 Å². The van der Waals surface area contributed by atoms with Gasteiger partial charge in [0.25, 0.3) is 0 Å². The summed E-state index contributed by atoms with van der Waals surface area (Å²) in [5.74, 6) is 0.887. The van der Waals surface area contributed by atoms with Crippen molar-refractivity contribution in [2.75, 3.05) is 76.4 Å². The highest BCUT2D eigenvalue weighted by Crippen LogP contribution is 2.24. The van der Waals surface area contributed by atoms with E-state index in [-0.39, 0.29) is 0 Å². The van der Waals surface area contributed by atoms with Gasteiger partial charge in [0.2, 0.25) is 0 Å². The van der Waals surface area contributed by atoms with Gasteiger partial charge in [0.15, 0.2) is 0 Å². The Bertz CT molecular complexity index is 1120. The van der Waals surface area contributed by atoms with Crippen molar-refractivity contribution < 1.29 is 9.47 Å². The molecule has 0 aliphatic carbocycles. The van der Waals surface area contributed by atoms with Crippen LogP contribution in [0, 0.1) is 0 Å². The molecule has 0 bridgehead atoms. The zero-order chi connectivity index (χ0) is 25.5. The molecule has 7 nitrogen and oxygen atoms in total. The second-order valence-corrected chi connectivity index (χ2v) is 10.1. The molecule has 3 heterocycles. The van der Waals surface area contributed by atoms with E-state index in [0.717, 1.165) is 83.6 Å². The number of hydrogen-bond donors (Lipinski definition) is 0. The summed E-state index contributed by atoms with van der Waals surface area (Å²) in [6.07, 6.45) is 1.96. The minimum absolute atomic E-state index is 0.792. The Balaban J connectivity index is 1.35. The van der Waals surface area contributed by atoms with Crippen LogP contribution in [0.4, 0.5) is 11.4 Å². The minimum Gasteiger partial charge on any atom is -0.497 e. The van der Waals surface area contributed by atoms with Gasteiger partial charge in [0.05, 0.1) is 26.0 Å². The van der Waals surface area contributed by atoms with E-state index in [1.165, 1.54) is 22.5 Å². The Morgan fingerprint density at radius 3 is 2.38 bits per heavy atom. The molecule has 0 unspecified atom stereocenters. The molecule has 2 fully saturated rings. The van der Waals surface area contributed by atoms with E-state index in [4.69, 9.17) is 14.5 Å². The molecule has 0 atom stereocenters. The molecule has 0 spiro atoms. The van der Waals surface area contributed by atoms with Crippen LogP contribution in [-0.2, 0) is 24.4 Å². The fourth-order valence-corrected chi connectivity index (χ4v) is 5.07. The van der Waals surface area contributed by atoms with E-state index in [9.17, 15) is 0 Å². The highest BCUT2D eigenvalue weighted by molar-refractivity contribution is 5.51. The SMILES string of the molecule is COc1cccc(CN(Cc2ccc(N3CCOCC3)cc2)c2ccnc(CN3CCN(C)CC3)c2)c1. The number of morpholine rings is 1. The van der Waals surface area contributed by atoms with E-state index in [0.29, 0.717) is 0 Å². The molecule has 0 N–H and O–H groups in total. The quantitative estimate of drug-likeness (QED) is 0.441. The maximum Gasteiger partial charge on any atom is 0.119 e. The van der Waals surface area contributed by atoms with Crippen LogP contribution in [0.3, 0.4) is 0 Å². The van der Waals surface area contributed by atoms with Crippen molar-refractivity contribution in [3.63, 3.8) is 0 Å². The van der Waals surface area contributed by atoms with Gasteiger partial charge in [-0.1, -0.05) is 24.3 Å². The van der Waals surface area contributed by atoms with Gasteiger partial charge < -0.3 is 24.2 Å². The average Bonchev–Trinajstić information content (AvgIpc) is 2.95. The van der Waals surface area contributed by atoms with Crippen LogP contribution in [0.5, 0.6) is 5.75 Å². The lowest BCUT2D eigenvalue weighted by molar-refractivity contribution is 0.122. The first-order valence-corrected chi connectivity index (χ1v) is 13.3. The zero-order valence-corrected chi connectivity index (χ0v) is 22.2. The molecule has 2 aliphatic rings. The van der Waals surface area contributed by atoms with Crippen LogP contribution < -0.4 is 14.5 Å². The van der Waals surface area contributed by atoms with Gasteiger partial charge in [-0.05, 0) is 54.6 Å². The van der Waals surface area contributed by atoms with Crippen LogP contribution in [0.25, 0.3) is 0 Å². The average molecular weight is 502 g/mol. The first-order valence-electron chi connectivity index (χ1n) is 13.3. The number of nitrogens with zero attached hydrogens (tertiary/aromatic N) is 5. The first kappa shape index (κ1) is 25.5. The van der Waals surface area contributed by atoms with Crippen LogP contribution >= 0.6 is 0 Å². The van der Waals surface area contributed by atoms with Crippen molar-refractivity contribution in [3.05, 3.63) is 83.7 Å². The molecule has 2 saturated heterocycles. The number of benzene rings is 2. The number of likely N-dealkylation sites (N-methyl/N-ethyl adjacent to an activating group) is 1. The van der Waals surface area contributed by atoms with Gasteiger partial charge in [-0.25, -0.2) is 0 Å². The van der Waals surface area contributed by atoms with Crippen LogP contribution in [-0.4, -0.2) is 81.4 Å². The summed E-state index contributed by atoms with van der Waals surface area (Å²) in [7, 11) is 3.92. The Labute approximate surface area is 221 Å². The predicted molar refractivity (Wildman–Crippen MR) is 149 cm³/mol. The molecule has 3 aromatic rings. The second kappa shape index (κ2) is 12.4. The number of rotatable bonds is 9. The highest BCUT2D eigenvalue weighted by atomic mass is 16.5. The monoisotopic (exact) mass is 501 g/mol. The number of ether oxygens (including phenoxy) is 2. The van der Waals surface area contributed by atoms with Gasteiger partial charge in [-0.3, -0.25) is 9.88 Å². The van der Waals surface area contributed by atoms with Crippen molar-refractivity contribution >= 4 is 11.4 Å². The third-order valence-corrected chi connectivity index (χ3v) is 7.34. The molecule has 1 aromatic heterocycles. The summed E-state index contributed by atoms with van der Waals surface area (Å²) in [6, 6.07) is 21.8. The van der Waals surface area contributed by atoms with Crippen LogP contribution in [0.1, 0.15) is 16.8 Å². The Kier molecular flexibility index (Phi) is 8.56. The van der Waals surface area contributed by atoms with E-state index < -0.39 is 0 Å². The lowest BCUT2D eigenvalue weighted by Crippen LogP contribution is -2.44. The molecule has 0 saturated carbocycles. The molecule has 2 aromatic carbocycles. The number of piperazine rings is 1. The number of methoxy groups -OCH3 is 1. The first-order chi connectivity index (χ1) is 18.2. The number of aromatic nitrogens is 1. The normalized spacial score (nSPS) is 17.1. The van der Waals surface area contributed by atoms with Crippen LogP contribution in [0.2, 0.25) is 0 Å². The molecule has 196 valence electrons. The second-order valence-electron chi connectivity index (χ2n) is 10.1. The molecule has 7 heteroatoms. The molecule has 0 amide bonds. The van der Waals surface area contributed by atoms with Gasteiger partial charge in [0.1, 0.15) is 5.75 Å². The summed E-state index contributed by atoms with van der Waals surface area (Å²) in [6.45, 7) is 10.4. The number of hydrogen-bond acceptors (Lipinski definition) is 7. The Morgan fingerprint density at radius 2 is 1.62 bits per heavy atom. The number of anilines is 2. The third kappa shape index (κ3) is 7.01. The van der Waals surface area contributed by atoms with Crippen LogP contribution in [0.15, 0.2) is 66.9 Å². The topological polar surface area (TPSA) is 44.3 Å². The minimum atomic E-state index is 0.792. The third-order valence-electron chi connectivity index (χ3n) is 7.34. The molecular weight excluding hydrogens is 462 g/mol. The fraction of sp³-hybridized carbons (Fsp3) is 0.433. The molecule has 2 aliphatic heterocycles. The largest absolute Gasteiger partial charge is 0.497 e. The van der Waals surface area contributed by atoms with Crippen molar-refractivity contribution in [2.45, 2.75) is 19.6 Å². The summed E-state index contributed by atoms with van der Waals surface area (Å²) >= 11 is 0. The molecule has 0 radical (unpaired) electrons. The summed E-state index contributed by atoms with van der Waals surface area (Å²) in [4.78, 5) is 14.5. The zero-order valence-electron chi connectivity index (χ0n) is 22.2. The van der Waals surface area contributed by atoms with E-state index >= 15 is 0 Å². The summed E-state index contributed by atoms with van der Waals surface area (Å²) < 4.78 is 11.0. The van der Waals surface area contributed by atoms with E-state index in [1.54, 1.807) is 7.11 Å². The van der Waals surface area contributed by atoms with Crippen molar-refractivity contribution in [1.29, 1.82) is 0 Å². The van der Waals surface area contributed by atoms with E-state index in [1.807, 2.05) is 12.3 Å². The maximum absolute atomic E-state index is 5.51. The lowest BCUT2D eigenvalue weighted by atomic mass is 10.1. The highest BCUT2D eigenvalue weighted by Gasteiger charge is 2.17. The van der Waals surface area contributed by atoms with Crippen molar-refractivity contribution in [2.24, 2.45) is 0 Å².